The van der Waals surface area contributed by atoms with Crippen LogP contribution in [0.2, 0.25) is 10.0 Å². The van der Waals surface area contributed by atoms with Gasteiger partial charge in [0.05, 0.1) is 15.6 Å². The Labute approximate surface area is 207 Å². The van der Waals surface area contributed by atoms with Crippen molar-refractivity contribution in [2.24, 2.45) is 0 Å². The monoisotopic (exact) mass is 502 g/mol. The predicted octanol–water partition coefficient (Wildman–Crippen LogP) is 3.84. The van der Waals surface area contributed by atoms with Gasteiger partial charge in [0.15, 0.2) is 0 Å². The molecule has 3 heterocycles. The van der Waals surface area contributed by atoms with Gasteiger partial charge >= 0.3 is 0 Å². The fourth-order valence-corrected chi connectivity index (χ4v) is 4.55. The minimum atomic E-state index is -0.298. The van der Waals surface area contributed by atoms with Gasteiger partial charge in [0.25, 0.3) is 0 Å². The van der Waals surface area contributed by atoms with Crippen LogP contribution < -0.4 is 20.7 Å². The zero-order valence-electron chi connectivity index (χ0n) is 18.5. The van der Waals surface area contributed by atoms with Crippen molar-refractivity contribution in [1.29, 1.82) is 0 Å². The lowest BCUT2D eigenvalue weighted by molar-refractivity contribution is 0.138. The maximum absolute atomic E-state index is 13.4. The number of nitrogens with one attached hydrogen (secondary N) is 1. The highest BCUT2D eigenvalue weighted by atomic mass is 35.5. The molecule has 0 atom stereocenters. The number of aromatic nitrogens is 2. The number of nitrogen functional groups attached to an aromatic ring is 1. The second-order valence-electron chi connectivity index (χ2n) is 8.50. The minimum absolute atomic E-state index is 0.154. The van der Waals surface area contributed by atoms with Crippen LogP contribution in [0, 0.1) is 5.82 Å². The van der Waals surface area contributed by atoms with Gasteiger partial charge < -0.3 is 20.7 Å². The number of rotatable bonds is 6. The highest BCUT2D eigenvalue weighted by molar-refractivity contribution is 6.42. The first-order chi connectivity index (χ1) is 16.5. The fourth-order valence-electron chi connectivity index (χ4n) is 4.21. The number of ether oxygens (including phenoxy) is 1. The van der Waals surface area contributed by atoms with Crippen molar-refractivity contribution in [2.75, 3.05) is 49.9 Å². The third-order valence-corrected chi connectivity index (χ3v) is 6.92. The molecule has 34 heavy (non-hydrogen) atoms. The van der Waals surface area contributed by atoms with Gasteiger partial charge in [0.2, 0.25) is 0 Å². The molecule has 0 bridgehead atoms. The van der Waals surface area contributed by atoms with Crippen molar-refractivity contribution >= 4 is 34.8 Å². The van der Waals surface area contributed by atoms with E-state index >= 15 is 0 Å². The number of hydrogen-bond donors (Lipinski definition) is 2. The molecule has 3 aromatic rings. The molecule has 1 aromatic heterocycles. The zero-order chi connectivity index (χ0) is 23.7. The molecule has 2 aromatic carbocycles. The molecule has 2 aliphatic rings. The van der Waals surface area contributed by atoms with E-state index in [0.717, 1.165) is 67.5 Å². The first-order valence-corrected chi connectivity index (χ1v) is 11.9. The maximum Gasteiger partial charge on any atom is 0.142 e. The molecule has 0 unspecified atom stereocenters. The second kappa shape index (κ2) is 9.92. The number of anilines is 2. The molecular formula is C24H25Cl2FN6O. The van der Waals surface area contributed by atoms with E-state index in [2.05, 4.69) is 25.1 Å². The Morgan fingerprint density at radius 2 is 1.74 bits per heavy atom. The number of nitrogens with two attached hydrogens (primary N) is 1. The van der Waals surface area contributed by atoms with Crippen molar-refractivity contribution in [2.45, 2.75) is 12.6 Å². The van der Waals surface area contributed by atoms with Crippen molar-refractivity contribution in [3.05, 3.63) is 64.2 Å². The number of halogens is 3. The molecule has 3 N–H and O–H groups in total. The van der Waals surface area contributed by atoms with Crippen LogP contribution in [0.15, 0.2) is 42.7 Å². The Morgan fingerprint density at radius 1 is 1.03 bits per heavy atom. The molecule has 0 spiro atoms. The summed E-state index contributed by atoms with van der Waals surface area (Å²) in [6.45, 7) is 5.52. The molecule has 5 rings (SSSR count). The first-order valence-electron chi connectivity index (χ1n) is 11.2. The van der Waals surface area contributed by atoms with Crippen LogP contribution in [-0.4, -0.2) is 60.2 Å². The summed E-state index contributed by atoms with van der Waals surface area (Å²) >= 11 is 12.6. The van der Waals surface area contributed by atoms with E-state index in [4.69, 9.17) is 33.7 Å². The quantitative estimate of drug-likeness (QED) is 0.529. The Morgan fingerprint density at radius 3 is 2.41 bits per heavy atom. The van der Waals surface area contributed by atoms with Gasteiger partial charge in [-0.05, 0) is 23.8 Å². The van der Waals surface area contributed by atoms with Gasteiger partial charge in [-0.2, -0.15) is 0 Å². The fraction of sp³-hybridized carbons (Fsp3) is 0.333. The smallest absolute Gasteiger partial charge is 0.142 e. The summed E-state index contributed by atoms with van der Waals surface area (Å²) in [5, 5.41) is 4.23. The molecule has 0 amide bonds. The van der Waals surface area contributed by atoms with Crippen LogP contribution in [-0.2, 0) is 6.54 Å². The van der Waals surface area contributed by atoms with Crippen molar-refractivity contribution in [1.82, 2.24) is 20.2 Å². The van der Waals surface area contributed by atoms with E-state index in [1.165, 1.54) is 18.5 Å². The third kappa shape index (κ3) is 4.90. The summed E-state index contributed by atoms with van der Waals surface area (Å²) < 4.78 is 19.6. The number of hydrogen-bond acceptors (Lipinski definition) is 7. The standard InChI is InChI=1S/C24H25Cl2FN6O/c25-19-9-16(21(10-20(19)26)34-18-11-29-12-18)13-32-5-7-33(8-6-32)24-22(23(28)30-14-31-24)15-1-3-17(27)4-2-15/h1-4,9-10,14,18,29H,5-8,11-13H2,(H2,28,30,31). The highest BCUT2D eigenvalue weighted by Gasteiger charge is 2.25. The van der Waals surface area contributed by atoms with E-state index in [9.17, 15) is 4.39 Å². The molecule has 0 radical (unpaired) electrons. The summed E-state index contributed by atoms with van der Waals surface area (Å²) in [6.07, 6.45) is 1.62. The molecule has 0 saturated carbocycles. The van der Waals surface area contributed by atoms with Crippen LogP contribution >= 0.6 is 23.2 Å². The minimum Gasteiger partial charge on any atom is -0.487 e. The molecule has 2 fully saturated rings. The van der Waals surface area contributed by atoms with Crippen molar-refractivity contribution < 1.29 is 9.13 Å². The average molecular weight is 503 g/mol. The molecule has 10 heteroatoms. The van der Waals surface area contributed by atoms with Crippen LogP contribution in [0.3, 0.4) is 0 Å². The average Bonchev–Trinajstić information content (AvgIpc) is 2.80. The van der Waals surface area contributed by atoms with Gasteiger partial charge in [0.1, 0.15) is 35.6 Å². The van der Waals surface area contributed by atoms with Gasteiger partial charge in [-0.3, -0.25) is 4.90 Å². The highest BCUT2D eigenvalue weighted by Crippen LogP contribution is 2.35. The van der Waals surface area contributed by atoms with Crippen molar-refractivity contribution in [3.8, 4) is 16.9 Å². The van der Waals surface area contributed by atoms with E-state index in [0.29, 0.717) is 22.4 Å². The van der Waals surface area contributed by atoms with Crippen LogP contribution in [0.25, 0.3) is 11.1 Å². The van der Waals surface area contributed by atoms with Gasteiger partial charge in [-0.25, -0.2) is 14.4 Å². The maximum atomic E-state index is 13.4. The molecule has 2 aliphatic heterocycles. The largest absolute Gasteiger partial charge is 0.487 e. The van der Waals surface area contributed by atoms with E-state index in [1.807, 2.05) is 12.1 Å². The predicted molar refractivity (Wildman–Crippen MR) is 133 cm³/mol. The van der Waals surface area contributed by atoms with Crippen LogP contribution in [0.1, 0.15) is 5.56 Å². The molecule has 0 aliphatic carbocycles. The Balaban J connectivity index is 1.30. The van der Waals surface area contributed by atoms with E-state index < -0.39 is 0 Å². The zero-order valence-corrected chi connectivity index (χ0v) is 20.0. The van der Waals surface area contributed by atoms with Crippen LogP contribution in [0.5, 0.6) is 5.75 Å². The number of piperazine rings is 1. The van der Waals surface area contributed by atoms with Gasteiger partial charge in [0, 0.05) is 57.4 Å². The van der Waals surface area contributed by atoms with Crippen LogP contribution in [0.4, 0.5) is 16.0 Å². The topological polar surface area (TPSA) is 79.5 Å². The lowest BCUT2D eigenvalue weighted by atomic mass is 10.1. The molecule has 2 saturated heterocycles. The van der Waals surface area contributed by atoms with Crippen molar-refractivity contribution in [3.63, 3.8) is 0 Å². The van der Waals surface area contributed by atoms with E-state index in [-0.39, 0.29) is 11.9 Å². The van der Waals surface area contributed by atoms with E-state index in [1.54, 1.807) is 12.1 Å². The molecule has 178 valence electrons. The van der Waals surface area contributed by atoms with Gasteiger partial charge in [-0.15, -0.1) is 0 Å². The molecular weight excluding hydrogens is 478 g/mol. The SMILES string of the molecule is Nc1ncnc(N2CCN(Cc3cc(Cl)c(Cl)cc3OC3CNC3)CC2)c1-c1ccc(F)cc1. The Bertz CT molecular complexity index is 1170. The molecule has 7 nitrogen and oxygen atoms in total. The Kier molecular flexibility index (Phi) is 6.74. The van der Waals surface area contributed by atoms with Gasteiger partial charge in [-0.1, -0.05) is 35.3 Å². The summed E-state index contributed by atoms with van der Waals surface area (Å²) in [5.41, 5.74) is 8.74. The summed E-state index contributed by atoms with van der Waals surface area (Å²) in [4.78, 5) is 13.2. The first kappa shape index (κ1) is 23.1. The lowest BCUT2D eigenvalue weighted by Gasteiger charge is -2.37. The summed E-state index contributed by atoms with van der Waals surface area (Å²) in [5.74, 6) is 1.62. The summed E-state index contributed by atoms with van der Waals surface area (Å²) in [6, 6.07) is 9.95. The lowest BCUT2D eigenvalue weighted by Crippen LogP contribution is -2.50. The number of benzene rings is 2. The third-order valence-electron chi connectivity index (χ3n) is 6.20. The normalized spacial score (nSPS) is 17.0. The second-order valence-corrected chi connectivity index (χ2v) is 9.31. The number of nitrogens with zero attached hydrogens (tertiary/aromatic N) is 4. The summed E-state index contributed by atoms with van der Waals surface area (Å²) in [7, 11) is 0. The Hall–Kier alpha value is -2.65.